The summed E-state index contributed by atoms with van der Waals surface area (Å²) < 4.78 is 4.84. The highest BCUT2D eigenvalue weighted by atomic mass is 35.5. The van der Waals surface area contributed by atoms with Gasteiger partial charge in [0.2, 0.25) is 5.91 Å². The molecule has 0 radical (unpaired) electrons. The highest BCUT2D eigenvalue weighted by Crippen LogP contribution is 2.18. The van der Waals surface area contributed by atoms with E-state index in [-0.39, 0.29) is 37.3 Å². The van der Waals surface area contributed by atoms with Gasteiger partial charge < -0.3 is 20.7 Å². The Kier molecular flexibility index (Phi) is 9.28. The maximum Gasteiger partial charge on any atom is 0.243 e. The number of halogens is 2. The summed E-state index contributed by atoms with van der Waals surface area (Å²) in [6.45, 7) is 2.31. The second-order valence-electron chi connectivity index (χ2n) is 4.65. The molecule has 0 bridgehead atoms. The fourth-order valence-electron chi connectivity index (χ4n) is 2.08. The van der Waals surface area contributed by atoms with Crippen LogP contribution in [0.25, 0.3) is 0 Å². The van der Waals surface area contributed by atoms with Crippen LogP contribution in [0.2, 0.25) is 0 Å². The van der Waals surface area contributed by atoms with Crippen LogP contribution >= 0.6 is 24.8 Å². The lowest BCUT2D eigenvalue weighted by molar-refractivity contribution is -0.118. The van der Waals surface area contributed by atoms with Gasteiger partial charge in [0, 0.05) is 20.2 Å². The second-order valence-corrected chi connectivity index (χ2v) is 4.65. The van der Waals surface area contributed by atoms with E-state index in [4.69, 9.17) is 10.5 Å². The minimum Gasteiger partial charge on any atom is -0.383 e. The minimum atomic E-state index is -0.664. The summed E-state index contributed by atoms with van der Waals surface area (Å²) in [5, 5.41) is 2.72. The number of ether oxygens (including phenoxy) is 1. The van der Waals surface area contributed by atoms with Gasteiger partial charge in [0.1, 0.15) is 11.9 Å². The molecular formula is C13H22Cl2N4O2. The van der Waals surface area contributed by atoms with Gasteiger partial charge in [0.05, 0.1) is 18.5 Å². The molecule has 3 N–H and O–H groups in total. The molecule has 1 amide bonds. The number of carbonyl (C=O) groups is 1. The van der Waals surface area contributed by atoms with E-state index < -0.39 is 6.04 Å². The molecule has 0 aliphatic carbocycles. The summed E-state index contributed by atoms with van der Waals surface area (Å²) in [6, 6.07) is 3.10. The number of rotatable bonds is 5. The fraction of sp³-hybridized carbons (Fsp3) is 0.538. The molecule has 1 aliphatic rings. The van der Waals surface area contributed by atoms with Crippen LogP contribution in [0.15, 0.2) is 18.3 Å². The average Bonchev–Trinajstić information content (AvgIpc) is 2.94. The number of nitrogens with two attached hydrogens (primary N) is 1. The lowest BCUT2D eigenvalue weighted by atomic mass is 10.3. The van der Waals surface area contributed by atoms with Gasteiger partial charge in [0.15, 0.2) is 0 Å². The van der Waals surface area contributed by atoms with Crippen LogP contribution in [0, 0.1) is 0 Å². The Balaban J connectivity index is 0.00000200. The maximum absolute atomic E-state index is 11.7. The Labute approximate surface area is 137 Å². The van der Waals surface area contributed by atoms with Crippen LogP contribution in [0.3, 0.4) is 0 Å². The zero-order valence-corrected chi connectivity index (χ0v) is 13.6. The number of pyridine rings is 1. The molecular weight excluding hydrogens is 315 g/mol. The van der Waals surface area contributed by atoms with Crippen molar-refractivity contribution in [3.63, 3.8) is 0 Å². The zero-order valence-electron chi connectivity index (χ0n) is 11.9. The van der Waals surface area contributed by atoms with Crippen LogP contribution in [-0.4, -0.2) is 43.7 Å². The van der Waals surface area contributed by atoms with E-state index in [0.717, 1.165) is 18.9 Å². The Bertz CT molecular complexity index is 425. The predicted molar refractivity (Wildman–Crippen MR) is 88.7 cm³/mol. The van der Waals surface area contributed by atoms with E-state index >= 15 is 0 Å². The van der Waals surface area contributed by atoms with Gasteiger partial charge in [-0.15, -0.1) is 24.8 Å². The first-order valence-corrected chi connectivity index (χ1v) is 6.47. The Hall–Kier alpha value is -1.08. The fourth-order valence-corrected chi connectivity index (χ4v) is 2.08. The number of hydrogen-bond acceptors (Lipinski definition) is 5. The van der Waals surface area contributed by atoms with Crippen molar-refractivity contribution < 1.29 is 9.53 Å². The highest BCUT2D eigenvalue weighted by Gasteiger charge is 2.15. The van der Waals surface area contributed by atoms with E-state index in [1.807, 2.05) is 12.1 Å². The number of methoxy groups -OCH3 is 1. The van der Waals surface area contributed by atoms with Gasteiger partial charge in [0.25, 0.3) is 0 Å². The SMILES string of the molecule is COCC(N)C(=O)Nc1ccc(N2CCCC2)nc1.Cl.Cl. The number of hydrogen-bond donors (Lipinski definition) is 2. The molecule has 0 aromatic carbocycles. The third-order valence-electron chi connectivity index (χ3n) is 3.13. The number of anilines is 2. The molecule has 1 aromatic heterocycles. The number of nitrogens with zero attached hydrogens (tertiary/aromatic N) is 2. The van der Waals surface area contributed by atoms with Gasteiger partial charge >= 0.3 is 0 Å². The molecule has 8 heteroatoms. The minimum absolute atomic E-state index is 0. The standard InChI is InChI=1S/C13H20N4O2.2ClH/c1-19-9-11(14)13(18)16-10-4-5-12(15-8-10)17-6-2-3-7-17;;/h4-5,8,11H,2-3,6-7,9,14H2,1H3,(H,16,18);2*1H. The molecule has 6 nitrogen and oxygen atoms in total. The maximum atomic E-state index is 11.7. The van der Waals surface area contributed by atoms with Crippen molar-refractivity contribution in [2.24, 2.45) is 5.73 Å². The molecule has 1 atom stereocenters. The number of amides is 1. The van der Waals surface area contributed by atoms with Gasteiger partial charge in [-0.2, -0.15) is 0 Å². The van der Waals surface area contributed by atoms with Gasteiger partial charge in [-0.05, 0) is 25.0 Å². The van der Waals surface area contributed by atoms with Crippen LogP contribution in [-0.2, 0) is 9.53 Å². The Morgan fingerprint density at radius 3 is 2.62 bits per heavy atom. The van der Waals surface area contributed by atoms with Crippen molar-refractivity contribution in [2.45, 2.75) is 18.9 Å². The van der Waals surface area contributed by atoms with Gasteiger partial charge in [-0.1, -0.05) is 0 Å². The molecule has 1 saturated heterocycles. The largest absolute Gasteiger partial charge is 0.383 e. The van der Waals surface area contributed by atoms with E-state index in [1.54, 1.807) is 6.20 Å². The number of aromatic nitrogens is 1. The monoisotopic (exact) mass is 336 g/mol. The van der Waals surface area contributed by atoms with E-state index in [1.165, 1.54) is 20.0 Å². The van der Waals surface area contributed by atoms with Crippen molar-refractivity contribution in [3.05, 3.63) is 18.3 Å². The molecule has 0 saturated carbocycles. The molecule has 2 rings (SSSR count). The lowest BCUT2D eigenvalue weighted by Gasteiger charge is -2.16. The summed E-state index contributed by atoms with van der Waals surface area (Å²) in [4.78, 5) is 18.3. The number of carbonyl (C=O) groups excluding carboxylic acids is 1. The molecule has 1 aromatic rings. The third kappa shape index (κ3) is 5.67. The van der Waals surface area contributed by atoms with Crippen LogP contribution < -0.4 is 16.0 Å². The average molecular weight is 337 g/mol. The predicted octanol–water partition coefficient (Wildman–Crippen LogP) is 1.44. The van der Waals surface area contributed by atoms with Crippen LogP contribution in [0.1, 0.15) is 12.8 Å². The molecule has 0 spiro atoms. The van der Waals surface area contributed by atoms with E-state index in [9.17, 15) is 4.79 Å². The van der Waals surface area contributed by atoms with E-state index in [2.05, 4.69) is 15.2 Å². The highest BCUT2D eigenvalue weighted by molar-refractivity contribution is 5.94. The quantitative estimate of drug-likeness (QED) is 0.850. The smallest absolute Gasteiger partial charge is 0.243 e. The molecule has 21 heavy (non-hydrogen) atoms. The number of nitrogens with one attached hydrogen (secondary N) is 1. The van der Waals surface area contributed by atoms with Crippen molar-refractivity contribution >= 4 is 42.2 Å². The first kappa shape index (κ1) is 19.9. The molecule has 2 heterocycles. The molecule has 120 valence electrons. The molecule has 1 aliphatic heterocycles. The summed E-state index contributed by atoms with van der Waals surface area (Å²) in [6.07, 6.45) is 4.09. The molecule has 1 fully saturated rings. The summed E-state index contributed by atoms with van der Waals surface area (Å²) in [5.41, 5.74) is 6.29. The van der Waals surface area contributed by atoms with Crippen LogP contribution in [0.4, 0.5) is 11.5 Å². The van der Waals surface area contributed by atoms with Crippen molar-refractivity contribution in [1.82, 2.24) is 4.98 Å². The third-order valence-corrected chi connectivity index (χ3v) is 3.13. The van der Waals surface area contributed by atoms with Gasteiger partial charge in [-0.3, -0.25) is 4.79 Å². The topological polar surface area (TPSA) is 80.5 Å². The summed E-state index contributed by atoms with van der Waals surface area (Å²) >= 11 is 0. The summed E-state index contributed by atoms with van der Waals surface area (Å²) in [5.74, 6) is 0.689. The zero-order chi connectivity index (χ0) is 13.7. The van der Waals surface area contributed by atoms with Crippen molar-refractivity contribution in [1.29, 1.82) is 0 Å². The molecule has 1 unspecified atom stereocenters. The summed E-state index contributed by atoms with van der Waals surface area (Å²) in [7, 11) is 1.51. The first-order chi connectivity index (χ1) is 9.20. The lowest BCUT2D eigenvalue weighted by Crippen LogP contribution is -2.39. The first-order valence-electron chi connectivity index (χ1n) is 6.47. The Morgan fingerprint density at radius 1 is 1.43 bits per heavy atom. The van der Waals surface area contributed by atoms with Crippen LogP contribution in [0.5, 0.6) is 0 Å². The van der Waals surface area contributed by atoms with Crippen molar-refractivity contribution in [3.8, 4) is 0 Å². The van der Waals surface area contributed by atoms with Gasteiger partial charge in [-0.25, -0.2) is 4.98 Å². The Morgan fingerprint density at radius 2 is 2.10 bits per heavy atom. The van der Waals surface area contributed by atoms with E-state index in [0.29, 0.717) is 5.69 Å². The second kappa shape index (κ2) is 9.78. The van der Waals surface area contributed by atoms with Crippen molar-refractivity contribution in [2.75, 3.05) is 37.0 Å². The normalized spacial score (nSPS) is 14.9.